The van der Waals surface area contributed by atoms with E-state index in [0.717, 1.165) is 10.5 Å². The first-order valence-electron chi connectivity index (χ1n) is 7.93. The largest absolute Gasteiger partial charge is 0.491 e. The molecule has 1 aromatic rings. The van der Waals surface area contributed by atoms with Crippen molar-refractivity contribution in [3.05, 3.63) is 29.8 Å². The maximum absolute atomic E-state index is 12.4. The summed E-state index contributed by atoms with van der Waals surface area (Å²) in [5, 5.41) is 12.8. The second kappa shape index (κ2) is 7.00. The van der Waals surface area contributed by atoms with Crippen molar-refractivity contribution in [1.29, 1.82) is 0 Å². The van der Waals surface area contributed by atoms with Gasteiger partial charge in [-0.3, -0.25) is 9.69 Å². The Labute approximate surface area is 136 Å². The molecule has 6 nitrogen and oxygen atoms in total. The minimum absolute atomic E-state index is 0.0196. The van der Waals surface area contributed by atoms with Gasteiger partial charge in [0.1, 0.15) is 24.0 Å². The fraction of sp³-hybridized carbons (Fsp3) is 0.529. The van der Waals surface area contributed by atoms with Crippen LogP contribution in [0.15, 0.2) is 24.3 Å². The van der Waals surface area contributed by atoms with E-state index < -0.39 is 17.7 Å². The molecule has 3 amide bonds. The Kier molecular flexibility index (Phi) is 5.26. The number of hydrogen-bond donors (Lipinski definition) is 2. The Balaban J connectivity index is 1.93. The number of β-amino-alcohol motifs (C(OH)–C–C–N with tert-alkyl or cyclic N) is 1. The first-order valence-corrected chi connectivity index (χ1v) is 7.93. The summed E-state index contributed by atoms with van der Waals surface area (Å²) in [6, 6.07) is 7.02. The van der Waals surface area contributed by atoms with Gasteiger partial charge in [-0.2, -0.15) is 0 Å². The number of hydrogen-bond acceptors (Lipinski definition) is 4. The summed E-state index contributed by atoms with van der Waals surface area (Å²) in [5.74, 6) is 0.375. The van der Waals surface area contributed by atoms with Gasteiger partial charge in [0, 0.05) is 0 Å². The lowest BCUT2D eigenvalue weighted by Gasteiger charge is -2.24. The summed E-state index contributed by atoms with van der Waals surface area (Å²) in [7, 11) is 0. The van der Waals surface area contributed by atoms with E-state index >= 15 is 0 Å². The molecule has 2 rings (SSSR count). The van der Waals surface area contributed by atoms with Gasteiger partial charge in [-0.25, -0.2) is 4.79 Å². The van der Waals surface area contributed by atoms with E-state index in [1.54, 1.807) is 6.07 Å². The molecule has 1 saturated heterocycles. The average Bonchev–Trinajstić information content (AvgIpc) is 2.78. The standard InChI is InChI=1S/C17H24N2O4/c1-4-17(5-2)15(21)19(16(22)18-17)10-13(20)11-23-14-8-6-7-12(3)9-14/h6-9,13,20H,4-5,10-11H2,1-3H3,(H,18,22)/t13-/m1/s1. The van der Waals surface area contributed by atoms with E-state index in [1.807, 2.05) is 39.0 Å². The van der Waals surface area contributed by atoms with Gasteiger partial charge in [0.2, 0.25) is 0 Å². The monoisotopic (exact) mass is 320 g/mol. The number of aliphatic hydroxyl groups excluding tert-OH is 1. The Hall–Kier alpha value is -2.08. The second-order valence-electron chi connectivity index (χ2n) is 5.92. The third kappa shape index (κ3) is 3.64. The maximum atomic E-state index is 12.4. The van der Waals surface area contributed by atoms with Crippen LogP contribution in [-0.4, -0.2) is 46.7 Å². The molecule has 0 unspecified atom stereocenters. The third-order valence-corrected chi connectivity index (χ3v) is 4.28. The molecule has 1 aromatic carbocycles. The van der Waals surface area contributed by atoms with Crippen LogP contribution in [0.4, 0.5) is 4.79 Å². The van der Waals surface area contributed by atoms with Gasteiger partial charge >= 0.3 is 6.03 Å². The zero-order chi connectivity index (χ0) is 17.0. The number of carbonyl (C=O) groups excluding carboxylic acids is 2. The summed E-state index contributed by atoms with van der Waals surface area (Å²) >= 11 is 0. The number of carbonyl (C=O) groups is 2. The lowest BCUT2D eigenvalue weighted by atomic mass is 9.93. The van der Waals surface area contributed by atoms with Crippen molar-refractivity contribution in [2.75, 3.05) is 13.2 Å². The van der Waals surface area contributed by atoms with Gasteiger partial charge in [0.15, 0.2) is 0 Å². The van der Waals surface area contributed by atoms with Crippen LogP contribution in [0.5, 0.6) is 5.75 Å². The number of nitrogens with zero attached hydrogens (tertiary/aromatic N) is 1. The van der Waals surface area contributed by atoms with Gasteiger partial charge in [-0.15, -0.1) is 0 Å². The molecule has 1 aliphatic heterocycles. The molecule has 6 heteroatoms. The zero-order valence-corrected chi connectivity index (χ0v) is 13.8. The minimum Gasteiger partial charge on any atom is -0.491 e. The normalized spacial score (nSPS) is 18.0. The molecule has 1 fully saturated rings. The zero-order valence-electron chi connectivity index (χ0n) is 13.8. The fourth-order valence-electron chi connectivity index (χ4n) is 2.73. The van der Waals surface area contributed by atoms with Gasteiger partial charge < -0.3 is 15.2 Å². The molecule has 1 aliphatic rings. The molecule has 23 heavy (non-hydrogen) atoms. The number of urea groups is 1. The van der Waals surface area contributed by atoms with Crippen molar-refractivity contribution in [1.82, 2.24) is 10.2 Å². The minimum atomic E-state index is -0.935. The van der Waals surface area contributed by atoms with Gasteiger partial charge in [0.05, 0.1) is 6.54 Å². The summed E-state index contributed by atoms with van der Waals surface area (Å²) in [4.78, 5) is 25.5. The highest BCUT2D eigenvalue weighted by Gasteiger charge is 2.48. The Morgan fingerprint density at radius 2 is 2.00 bits per heavy atom. The number of rotatable bonds is 7. The number of benzene rings is 1. The van der Waals surface area contributed by atoms with Crippen LogP contribution in [0.3, 0.4) is 0 Å². The van der Waals surface area contributed by atoms with E-state index in [-0.39, 0.29) is 19.1 Å². The first kappa shape index (κ1) is 17.3. The maximum Gasteiger partial charge on any atom is 0.325 e. The molecule has 1 atom stereocenters. The van der Waals surface area contributed by atoms with Crippen molar-refractivity contribution >= 4 is 11.9 Å². The topological polar surface area (TPSA) is 78.9 Å². The predicted octanol–water partition coefficient (Wildman–Crippen LogP) is 1.85. The predicted molar refractivity (Wildman–Crippen MR) is 86.2 cm³/mol. The van der Waals surface area contributed by atoms with Crippen LogP contribution in [-0.2, 0) is 4.79 Å². The van der Waals surface area contributed by atoms with Crippen molar-refractivity contribution in [3.63, 3.8) is 0 Å². The Bertz CT molecular complexity index is 584. The number of imide groups is 1. The molecule has 126 valence electrons. The molecule has 0 radical (unpaired) electrons. The highest BCUT2D eigenvalue weighted by molar-refractivity contribution is 6.07. The van der Waals surface area contributed by atoms with E-state index in [0.29, 0.717) is 18.6 Å². The lowest BCUT2D eigenvalue weighted by molar-refractivity contribution is -0.132. The van der Waals surface area contributed by atoms with E-state index in [2.05, 4.69) is 5.32 Å². The molecule has 1 heterocycles. The quantitative estimate of drug-likeness (QED) is 0.752. The number of amides is 3. The van der Waals surface area contributed by atoms with Crippen molar-refractivity contribution in [3.8, 4) is 5.75 Å². The van der Waals surface area contributed by atoms with Crippen molar-refractivity contribution in [2.24, 2.45) is 0 Å². The highest BCUT2D eigenvalue weighted by Crippen LogP contribution is 2.25. The van der Waals surface area contributed by atoms with E-state index in [4.69, 9.17) is 4.74 Å². The van der Waals surface area contributed by atoms with Gasteiger partial charge in [0.25, 0.3) is 5.91 Å². The molecule has 0 spiro atoms. The smallest absolute Gasteiger partial charge is 0.325 e. The lowest BCUT2D eigenvalue weighted by Crippen LogP contribution is -2.46. The van der Waals surface area contributed by atoms with Crippen LogP contribution >= 0.6 is 0 Å². The van der Waals surface area contributed by atoms with Crippen LogP contribution < -0.4 is 10.1 Å². The van der Waals surface area contributed by atoms with Crippen LogP contribution in [0.2, 0.25) is 0 Å². The molecule has 0 aliphatic carbocycles. The third-order valence-electron chi connectivity index (χ3n) is 4.28. The summed E-state index contributed by atoms with van der Waals surface area (Å²) in [6.45, 7) is 5.63. The number of ether oxygens (including phenoxy) is 1. The number of nitrogens with one attached hydrogen (secondary N) is 1. The molecular formula is C17H24N2O4. The summed E-state index contributed by atoms with van der Waals surface area (Å²) in [5.41, 5.74) is 0.218. The summed E-state index contributed by atoms with van der Waals surface area (Å²) < 4.78 is 5.51. The van der Waals surface area contributed by atoms with Gasteiger partial charge in [-0.1, -0.05) is 26.0 Å². The SMILES string of the molecule is CCC1(CC)NC(=O)N(C[C@@H](O)COc2cccc(C)c2)C1=O. The van der Waals surface area contributed by atoms with Crippen molar-refractivity contribution < 1.29 is 19.4 Å². The molecule has 0 aromatic heterocycles. The first-order chi connectivity index (χ1) is 10.9. The number of aliphatic hydroxyl groups is 1. The second-order valence-corrected chi connectivity index (χ2v) is 5.92. The molecule has 2 N–H and O–H groups in total. The molecule has 0 bridgehead atoms. The fourth-order valence-corrected chi connectivity index (χ4v) is 2.73. The van der Waals surface area contributed by atoms with Crippen LogP contribution in [0.1, 0.15) is 32.3 Å². The Morgan fingerprint density at radius 1 is 1.30 bits per heavy atom. The van der Waals surface area contributed by atoms with Gasteiger partial charge in [-0.05, 0) is 37.5 Å². The molecule has 0 saturated carbocycles. The van der Waals surface area contributed by atoms with Crippen molar-refractivity contribution in [2.45, 2.75) is 45.3 Å². The molecular weight excluding hydrogens is 296 g/mol. The Morgan fingerprint density at radius 3 is 2.57 bits per heavy atom. The van der Waals surface area contributed by atoms with E-state index in [9.17, 15) is 14.7 Å². The highest BCUT2D eigenvalue weighted by atomic mass is 16.5. The average molecular weight is 320 g/mol. The number of aryl methyl sites for hydroxylation is 1. The van der Waals surface area contributed by atoms with E-state index in [1.165, 1.54) is 0 Å². The van der Waals surface area contributed by atoms with Crippen LogP contribution in [0.25, 0.3) is 0 Å². The summed E-state index contributed by atoms with van der Waals surface area (Å²) in [6.07, 6.45) is 0.121. The van der Waals surface area contributed by atoms with Crippen LogP contribution in [0, 0.1) is 6.92 Å².